The van der Waals surface area contributed by atoms with Crippen LogP contribution in [0.1, 0.15) is 12.5 Å². The van der Waals surface area contributed by atoms with Gasteiger partial charge in [0.25, 0.3) is 0 Å². The number of fused-ring (bicyclic) bond motifs is 1. The van der Waals surface area contributed by atoms with Gasteiger partial charge in [0, 0.05) is 59.1 Å². The standard InChI is InChI=1S/C13H12.2Na/c1-10(2)12-9-5-7-11-6-3-4-8-13(11)12;;/h3-9H,1H2,2H3;;. The van der Waals surface area contributed by atoms with Crippen LogP contribution in [0.5, 0.6) is 0 Å². The van der Waals surface area contributed by atoms with Crippen molar-refractivity contribution in [1.29, 1.82) is 0 Å². The summed E-state index contributed by atoms with van der Waals surface area (Å²) in [6, 6.07) is 14.7. The molecular weight excluding hydrogens is 202 g/mol. The van der Waals surface area contributed by atoms with Crippen molar-refractivity contribution in [3.8, 4) is 0 Å². The van der Waals surface area contributed by atoms with Crippen molar-refractivity contribution < 1.29 is 0 Å². The van der Waals surface area contributed by atoms with E-state index in [1.807, 2.05) is 6.92 Å². The average molecular weight is 214 g/mol. The SMILES string of the molecule is C=C(C)c1cccc2ccccc12.[Na].[Na]. The van der Waals surface area contributed by atoms with Crippen LogP contribution in [-0.4, -0.2) is 59.1 Å². The van der Waals surface area contributed by atoms with Crippen LogP contribution in [0.3, 0.4) is 0 Å². The average Bonchev–Trinajstić information content (AvgIpc) is 2.17. The van der Waals surface area contributed by atoms with E-state index in [1.165, 1.54) is 16.3 Å². The Kier molecular flexibility index (Phi) is 7.10. The van der Waals surface area contributed by atoms with E-state index in [2.05, 4.69) is 49.0 Å². The van der Waals surface area contributed by atoms with Crippen molar-refractivity contribution in [3.63, 3.8) is 0 Å². The van der Waals surface area contributed by atoms with E-state index in [9.17, 15) is 0 Å². The molecule has 0 saturated carbocycles. The van der Waals surface area contributed by atoms with Crippen molar-refractivity contribution in [2.24, 2.45) is 0 Å². The van der Waals surface area contributed by atoms with Crippen molar-refractivity contribution >= 4 is 75.5 Å². The molecule has 0 fully saturated rings. The summed E-state index contributed by atoms with van der Waals surface area (Å²) in [5, 5.41) is 2.57. The zero-order chi connectivity index (χ0) is 9.26. The third-order valence-corrected chi connectivity index (χ3v) is 2.25. The fourth-order valence-electron chi connectivity index (χ4n) is 1.60. The van der Waals surface area contributed by atoms with Crippen LogP contribution in [0.2, 0.25) is 0 Å². The molecule has 0 heterocycles. The predicted molar refractivity (Wildman–Crippen MR) is 70.2 cm³/mol. The molecule has 0 bridgehead atoms. The number of hydrogen-bond donors (Lipinski definition) is 0. The van der Waals surface area contributed by atoms with Crippen LogP contribution in [0.4, 0.5) is 0 Å². The maximum absolute atomic E-state index is 3.98. The summed E-state index contributed by atoms with van der Waals surface area (Å²) in [6.45, 7) is 6.02. The largest absolute Gasteiger partial charge is 0.0955 e. The van der Waals surface area contributed by atoms with Gasteiger partial charge in [-0.1, -0.05) is 54.6 Å². The van der Waals surface area contributed by atoms with Crippen LogP contribution in [0.25, 0.3) is 16.3 Å². The summed E-state index contributed by atoms with van der Waals surface area (Å²) in [6.07, 6.45) is 0. The van der Waals surface area contributed by atoms with E-state index in [4.69, 9.17) is 0 Å². The molecule has 0 atom stereocenters. The minimum Gasteiger partial charge on any atom is -0.0955 e. The fraction of sp³-hybridized carbons (Fsp3) is 0.0769. The number of benzene rings is 2. The van der Waals surface area contributed by atoms with Gasteiger partial charge in [0.05, 0.1) is 0 Å². The summed E-state index contributed by atoms with van der Waals surface area (Å²) >= 11 is 0. The molecule has 2 aromatic carbocycles. The molecule has 15 heavy (non-hydrogen) atoms. The Hall–Kier alpha value is 0.440. The van der Waals surface area contributed by atoms with Gasteiger partial charge in [-0.15, -0.1) is 0 Å². The first-order valence-corrected chi connectivity index (χ1v) is 4.42. The molecule has 0 N–H and O–H groups in total. The molecular formula is C13H12Na2. The quantitative estimate of drug-likeness (QED) is 0.640. The zero-order valence-electron chi connectivity index (χ0n) is 9.75. The number of hydrogen-bond acceptors (Lipinski definition) is 0. The summed E-state index contributed by atoms with van der Waals surface area (Å²) in [5.74, 6) is 0. The van der Waals surface area contributed by atoms with Crippen LogP contribution < -0.4 is 0 Å². The molecule has 0 aromatic heterocycles. The van der Waals surface area contributed by atoms with Crippen molar-refractivity contribution in [3.05, 3.63) is 54.6 Å². The predicted octanol–water partition coefficient (Wildman–Crippen LogP) is 3.11. The van der Waals surface area contributed by atoms with Gasteiger partial charge in [-0.05, 0) is 23.3 Å². The summed E-state index contributed by atoms with van der Waals surface area (Å²) in [7, 11) is 0. The van der Waals surface area contributed by atoms with Gasteiger partial charge < -0.3 is 0 Å². The molecule has 2 heteroatoms. The van der Waals surface area contributed by atoms with Gasteiger partial charge in [-0.3, -0.25) is 0 Å². The Bertz CT molecular complexity index is 456. The van der Waals surface area contributed by atoms with Crippen LogP contribution in [0.15, 0.2) is 49.0 Å². The van der Waals surface area contributed by atoms with Crippen molar-refractivity contribution in [2.75, 3.05) is 0 Å². The van der Waals surface area contributed by atoms with E-state index >= 15 is 0 Å². The molecule has 0 aliphatic heterocycles. The molecule has 0 amide bonds. The Morgan fingerprint density at radius 1 is 0.933 bits per heavy atom. The van der Waals surface area contributed by atoms with Crippen LogP contribution in [-0.2, 0) is 0 Å². The fourth-order valence-corrected chi connectivity index (χ4v) is 1.60. The Morgan fingerprint density at radius 2 is 1.53 bits per heavy atom. The summed E-state index contributed by atoms with van der Waals surface area (Å²) in [5.41, 5.74) is 2.37. The van der Waals surface area contributed by atoms with Crippen LogP contribution >= 0.6 is 0 Å². The maximum atomic E-state index is 3.98. The Labute approximate surface area is 135 Å². The minimum atomic E-state index is 0. The Balaban J connectivity index is 0.000000980. The second-order valence-corrected chi connectivity index (χ2v) is 3.31. The van der Waals surface area contributed by atoms with Gasteiger partial charge in [0.15, 0.2) is 0 Å². The summed E-state index contributed by atoms with van der Waals surface area (Å²) < 4.78 is 0. The van der Waals surface area contributed by atoms with Crippen LogP contribution in [0, 0.1) is 0 Å². The molecule has 66 valence electrons. The molecule has 0 aliphatic rings. The third-order valence-electron chi connectivity index (χ3n) is 2.25. The molecule has 2 rings (SSSR count). The van der Waals surface area contributed by atoms with Gasteiger partial charge in [0.1, 0.15) is 0 Å². The molecule has 2 aromatic rings. The van der Waals surface area contributed by atoms with Gasteiger partial charge in [-0.2, -0.15) is 0 Å². The molecule has 0 unspecified atom stereocenters. The topological polar surface area (TPSA) is 0 Å². The minimum absolute atomic E-state index is 0. The first-order chi connectivity index (χ1) is 6.29. The summed E-state index contributed by atoms with van der Waals surface area (Å²) in [4.78, 5) is 0. The maximum Gasteiger partial charge on any atom is 0 e. The molecule has 2 radical (unpaired) electrons. The van der Waals surface area contributed by atoms with Crippen molar-refractivity contribution in [2.45, 2.75) is 6.92 Å². The van der Waals surface area contributed by atoms with Gasteiger partial charge >= 0.3 is 0 Å². The molecule has 0 saturated heterocycles. The molecule has 0 spiro atoms. The van der Waals surface area contributed by atoms with E-state index < -0.39 is 0 Å². The van der Waals surface area contributed by atoms with E-state index in [1.54, 1.807) is 0 Å². The van der Waals surface area contributed by atoms with E-state index in [0.29, 0.717) is 0 Å². The monoisotopic (exact) mass is 214 g/mol. The number of rotatable bonds is 1. The van der Waals surface area contributed by atoms with Gasteiger partial charge in [0.2, 0.25) is 0 Å². The zero-order valence-corrected chi connectivity index (χ0v) is 13.7. The first-order valence-electron chi connectivity index (χ1n) is 4.42. The normalized spacial score (nSPS) is 8.87. The molecule has 0 aliphatic carbocycles. The molecule has 0 nitrogen and oxygen atoms in total. The van der Waals surface area contributed by atoms with E-state index in [0.717, 1.165) is 5.57 Å². The third kappa shape index (κ3) is 3.45. The second-order valence-electron chi connectivity index (χ2n) is 3.31. The first kappa shape index (κ1) is 15.4. The Morgan fingerprint density at radius 3 is 2.20 bits per heavy atom. The van der Waals surface area contributed by atoms with Crippen molar-refractivity contribution in [1.82, 2.24) is 0 Å². The number of allylic oxidation sites excluding steroid dienone is 1. The smallest absolute Gasteiger partial charge is 0 e. The van der Waals surface area contributed by atoms with Gasteiger partial charge in [-0.25, -0.2) is 0 Å². The second kappa shape index (κ2) is 6.90. The van der Waals surface area contributed by atoms with E-state index in [-0.39, 0.29) is 59.1 Å².